The van der Waals surface area contributed by atoms with Crippen molar-refractivity contribution in [1.29, 1.82) is 0 Å². The zero-order valence-electron chi connectivity index (χ0n) is 15.3. The summed E-state index contributed by atoms with van der Waals surface area (Å²) < 4.78 is 10.9. The molecule has 0 radical (unpaired) electrons. The van der Waals surface area contributed by atoms with E-state index in [0.717, 1.165) is 36.9 Å². The Bertz CT molecular complexity index is 544. The third-order valence-electron chi connectivity index (χ3n) is 5.97. The second-order valence-electron chi connectivity index (χ2n) is 7.43. The fourth-order valence-electron chi connectivity index (χ4n) is 4.51. The number of nitrogens with two attached hydrogens (primary N) is 1. The Balaban J connectivity index is 1.77. The molecule has 2 aliphatic rings. The van der Waals surface area contributed by atoms with Gasteiger partial charge in [-0.3, -0.25) is 4.90 Å². The van der Waals surface area contributed by atoms with E-state index in [2.05, 4.69) is 24.0 Å². The Morgan fingerprint density at radius 1 is 1.17 bits per heavy atom. The van der Waals surface area contributed by atoms with Crippen LogP contribution in [0.5, 0.6) is 11.5 Å². The van der Waals surface area contributed by atoms with Gasteiger partial charge in [-0.25, -0.2) is 0 Å². The molecule has 1 aliphatic heterocycles. The van der Waals surface area contributed by atoms with E-state index in [1.807, 2.05) is 6.07 Å². The minimum Gasteiger partial charge on any atom is -0.493 e. The standard InChI is InChI=1S/C20H32N2O2/c1-4-18(14-6-5-7-14)22-12-16(10-17(21)13-22)15-8-9-19(23-2)20(11-15)24-3/h8-9,11,14,16-18H,4-7,10,12-13,21H2,1-3H3. The van der Waals surface area contributed by atoms with E-state index in [9.17, 15) is 0 Å². The smallest absolute Gasteiger partial charge is 0.160 e. The molecule has 3 unspecified atom stereocenters. The van der Waals surface area contributed by atoms with Crippen molar-refractivity contribution in [2.24, 2.45) is 11.7 Å². The monoisotopic (exact) mass is 332 g/mol. The van der Waals surface area contributed by atoms with E-state index in [0.29, 0.717) is 12.0 Å². The van der Waals surface area contributed by atoms with Crippen molar-refractivity contribution in [3.63, 3.8) is 0 Å². The van der Waals surface area contributed by atoms with Crippen molar-refractivity contribution in [2.75, 3.05) is 27.3 Å². The van der Waals surface area contributed by atoms with Crippen molar-refractivity contribution < 1.29 is 9.47 Å². The van der Waals surface area contributed by atoms with Crippen molar-refractivity contribution >= 4 is 0 Å². The molecule has 3 atom stereocenters. The average Bonchev–Trinajstić information content (AvgIpc) is 2.56. The van der Waals surface area contributed by atoms with Gasteiger partial charge < -0.3 is 15.2 Å². The Labute approximate surface area is 146 Å². The summed E-state index contributed by atoms with van der Waals surface area (Å²) in [6.07, 6.45) is 6.47. The molecule has 1 aromatic carbocycles. The van der Waals surface area contributed by atoms with Crippen molar-refractivity contribution in [1.82, 2.24) is 4.90 Å². The van der Waals surface area contributed by atoms with Crippen LogP contribution in [0.4, 0.5) is 0 Å². The Hall–Kier alpha value is -1.26. The molecule has 1 saturated heterocycles. The molecule has 1 aliphatic carbocycles. The molecule has 4 nitrogen and oxygen atoms in total. The lowest BCUT2D eigenvalue weighted by atomic mass is 9.76. The first kappa shape index (κ1) is 17.6. The molecule has 0 amide bonds. The second kappa shape index (κ2) is 7.75. The molecule has 0 aromatic heterocycles. The van der Waals surface area contributed by atoms with Crippen LogP contribution in [0.1, 0.15) is 50.5 Å². The molecule has 1 saturated carbocycles. The lowest BCUT2D eigenvalue weighted by Crippen LogP contribution is -2.53. The molecular formula is C20H32N2O2. The summed E-state index contributed by atoms with van der Waals surface area (Å²) in [5, 5.41) is 0. The first-order chi connectivity index (χ1) is 11.7. The fraction of sp³-hybridized carbons (Fsp3) is 0.700. The van der Waals surface area contributed by atoms with Gasteiger partial charge in [-0.15, -0.1) is 0 Å². The highest BCUT2D eigenvalue weighted by Gasteiger charge is 2.35. The van der Waals surface area contributed by atoms with E-state index >= 15 is 0 Å². The molecular weight excluding hydrogens is 300 g/mol. The molecule has 3 rings (SSSR count). The highest BCUT2D eigenvalue weighted by atomic mass is 16.5. The normalized spacial score (nSPS) is 26.7. The third kappa shape index (κ3) is 3.55. The van der Waals surface area contributed by atoms with Gasteiger partial charge in [0.05, 0.1) is 14.2 Å². The molecule has 0 bridgehead atoms. The van der Waals surface area contributed by atoms with Crippen LogP contribution in [-0.4, -0.2) is 44.3 Å². The van der Waals surface area contributed by atoms with Gasteiger partial charge in [0.15, 0.2) is 11.5 Å². The topological polar surface area (TPSA) is 47.7 Å². The third-order valence-corrected chi connectivity index (χ3v) is 5.97. The molecule has 4 heteroatoms. The Morgan fingerprint density at radius 2 is 1.92 bits per heavy atom. The van der Waals surface area contributed by atoms with Crippen LogP contribution >= 0.6 is 0 Å². The first-order valence-corrected chi connectivity index (χ1v) is 9.37. The van der Waals surface area contributed by atoms with E-state index in [4.69, 9.17) is 15.2 Å². The summed E-state index contributed by atoms with van der Waals surface area (Å²) in [7, 11) is 3.38. The number of hydrogen-bond acceptors (Lipinski definition) is 4. The second-order valence-corrected chi connectivity index (χ2v) is 7.43. The van der Waals surface area contributed by atoms with Crippen LogP contribution in [0.3, 0.4) is 0 Å². The molecule has 1 heterocycles. The summed E-state index contributed by atoms with van der Waals surface area (Å²) in [4.78, 5) is 2.67. The highest BCUT2D eigenvalue weighted by Crippen LogP contribution is 2.38. The van der Waals surface area contributed by atoms with Crippen LogP contribution in [0, 0.1) is 5.92 Å². The van der Waals surface area contributed by atoms with Crippen molar-refractivity contribution in [3.8, 4) is 11.5 Å². The zero-order chi connectivity index (χ0) is 17.1. The summed E-state index contributed by atoms with van der Waals surface area (Å²) in [6.45, 7) is 4.48. The molecule has 134 valence electrons. The molecule has 24 heavy (non-hydrogen) atoms. The van der Waals surface area contributed by atoms with Gasteiger partial charge in [-0.1, -0.05) is 19.4 Å². The van der Waals surface area contributed by atoms with Crippen molar-refractivity contribution in [3.05, 3.63) is 23.8 Å². The van der Waals surface area contributed by atoms with Crippen LogP contribution < -0.4 is 15.2 Å². The Morgan fingerprint density at radius 3 is 2.50 bits per heavy atom. The lowest BCUT2D eigenvalue weighted by Gasteiger charge is -2.46. The van der Waals surface area contributed by atoms with Crippen LogP contribution in [0.15, 0.2) is 18.2 Å². The number of likely N-dealkylation sites (tertiary alicyclic amines) is 1. The van der Waals surface area contributed by atoms with Gasteiger partial charge in [-0.05, 0) is 55.2 Å². The quantitative estimate of drug-likeness (QED) is 0.867. The average molecular weight is 332 g/mol. The molecule has 2 N–H and O–H groups in total. The van der Waals surface area contributed by atoms with E-state index in [1.54, 1.807) is 14.2 Å². The van der Waals surface area contributed by atoms with E-state index in [1.165, 1.54) is 31.2 Å². The maximum atomic E-state index is 6.43. The van der Waals surface area contributed by atoms with Crippen LogP contribution in [-0.2, 0) is 0 Å². The summed E-state index contributed by atoms with van der Waals surface area (Å²) in [5.74, 6) is 2.96. The highest BCUT2D eigenvalue weighted by molar-refractivity contribution is 5.44. The zero-order valence-corrected chi connectivity index (χ0v) is 15.3. The largest absolute Gasteiger partial charge is 0.493 e. The van der Waals surface area contributed by atoms with E-state index < -0.39 is 0 Å². The Kier molecular flexibility index (Phi) is 5.67. The predicted molar refractivity (Wildman–Crippen MR) is 97.9 cm³/mol. The summed E-state index contributed by atoms with van der Waals surface area (Å²) in [6, 6.07) is 7.28. The number of benzene rings is 1. The number of hydrogen-bond donors (Lipinski definition) is 1. The maximum absolute atomic E-state index is 6.43. The number of rotatable bonds is 6. The van der Waals surface area contributed by atoms with Crippen molar-refractivity contribution in [2.45, 2.75) is 57.0 Å². The molecule has 1 aromatic rings. The maximum Gasteiger partial charge on any atom is 0.160 e. The van der Waals surface area contributed by atoms with Gasteiger partial charge in [0, 0.05) is 25.2 Å². The van der Waals surface area contributed by atoms with E-state index in [-0.39, 0.29) is 6.04 Å². The van der Waals surface area contributed by atoms with Gasteiger partial charge >= 0.3 is 0 Å². The van der Waals surface area contributed by atoms with Gasteiger partial charge in [0.1, 0.15) is 0 Å². The summed E-state index contributed by atoms with van der Waals surface area (Å²) in [5.41, 5.74) is 7.75. The van der Waals surface area contributed by atoms with Gasteiger partial charge in [0.2, 0.25) is 0 Å². The number of nitrogens with zero attached hydrogens (tertiary/aromatic N) is 1. The molecule has 2 fully saturated rings. The van der Waals surface area contributed by atoms with Gasteiger partial charge in [-0.2, -0.15) is 0 Å². The van der Waals surface area contributed by atoms with Gasteiger partial charge in [0.25, 0.3) is 0 Å². The number of piperidine rings is 1. The number of ether oxygens (including phenoxy) is 2. The number of methoxy groups -OCH3 is 2. The summed E-state index contributed by atoms with van der Waals surface area (Å²) >= 11 is 0. The molecule has 0 spiro atoms. The fourth-order valence-corrected chi connectivity index (χ4v) is 4.51. The minimum atomic E-state index is 0.256. The minimum absolute atomic E-state index is 0.256. The predicted octanol–water partition coefficient (Wildman–Crippen LogP) is 3.40. The lowest BCUT2D eigenvalue weighted by molar-refractivity contribution is 0.0605. The van der Waals surface area contributed by atoms with Crippen LogP contribution in [0.25, 0.3) is 0 Å². The first-order valence-electron chi connectivity index (χ1n) is 9.37. The van der Waals surface area contributed by atoms with Crippen LogP contribution in [0.2, 0.25) is 0 Å². The SMILES string of the molecule is CCC(C1CCC1)N1CC(N)CC(c2ccc(OC)c(OC)c2)C1.